The fourth-order valence-corrected chi connectivity index (χ4v) is 3.17. The van der Waals surface area contributed by atoms with Crippen LogP contribution in [0, 0.1) is 0 Å². The van der Waals surface area contributed by atoms with Gasteiger partial charge in [0.05, 0.1) is 23.0 Å². The predicted octanol–water partition coefficient (Wildman–Crippen LogP) is 5.23. The molecule has 0 bridgehead atoms. The van der Waals surface area contributed by atoms with Gasteiger partial charge in [-0.25, -0.2) is 9.97 Å². The number of rotatable bonds is 6. The summed E-state index contributed by atoms with van der Waals surface area (Å²) < 4.78 is 5.32. The molecule has 0 spiro atoms. The molecule has 0 aliphatic heterocycles. The van der Waals surface area contributed by atoms with E-state index in [2.05, 4.69) is 33.6 Å². The first-order valence-corrected chi connectivity index (χ1v) is 8.62. The molecule has 0 atom stereocenters. The molecule has 3 aromatic rings. The fourth-order valence-electron chi connectivity index (χ4n) is 2.81. The Balaban J connectivity index is 2.25. The first-order chi connectivity index (χ1) is 13.1. The van der Waals surface area contributed by atoms with Gasteiger partial charge >= 0.3 is 0 Å². The molecule has 6 heteroatoms. The van der Waals surface area contributed by atoms with Crippen LogP contribution in [0.2, 0.25) is 5.02 Å². The Morgan fingerprint density at radius 2 is 2.07 bits per heavy atom. The molecule has 1 N–H and O–H groups in total. The van der Waals surface area contributed by atoms with Gasteiger partial charge in [-0.3, -0.25) is 4.99 Å². The number of aromatic nitrogens is 2. The number of nitrogens with zero attached hydrogens (tertiary/aromatic N) is 3. The highest BCUT2D eigenvalue weighted by atomic mass is 35.5. The first-order valence-electron chi connectivity index (χ1n) is 8.24. The molecule has 1 heterocycles. The van der Waals surface area contributed by atoms with Crippen molar-refractivity contribution in [1.82, 2.24) is 9.97 Å². The monoisotopic (exact) mass is 378 g/mol. The number of allylic oxidation sites excluding steroid dienone is 2. The summed E-state index contributed by atoms with van der Waals surface area (Å²) in [4.78, 5) is 13.0. The van der Waals surface area contributed by atoms with Gasteiger partial charge in [-0.2, -0.15) is 0 Å². The van der Waals surface area contributed by atoms with E-state index in [1.54, 1.807) is 26.4 Å². The SMILES string of the molecule is C=C/C(=C\N=C)c1nc(NC)c2c(Cl)c(-c3cccc(OC)c3)ccc2n1. The molecule has 2 aromatic carbocycles. The Kier molecular flexibility index (Phi) is 5.52. The Hall–Kier alpha value is -3.18. The molecule has 0 unspecified atom stereocenters. The molecule has 1 aromatic heterocycles. The average molecular weight is 379 g/mol. The number of hydrogen-bond donors (Lipinski definition) is 1. The number of halogens is 1. The van der Waals surface area contributed by atoms with Crippen LogP contribution in [0.5, 0.6) is 5.75 Å². The summed E-state index contributed by atoms with van der Waals surface area (Å²) >= 11 is 6.76. The normalized spacial score (nSPS) is 11.3. The summed E-state index contributed by atoms with van der Waals surface area (Å²) in [6, 6.07) is 11.6. The molecule has 0 saturated heterocycles. The maximum absolute atomic E-state index is 6.76. The number of methoxy groups -OCH3 is 1. The topological polar surface area (TPSA) is 59.4 Å². The highest BCUT2D eigenvalue weighted by Crippen LogP contribution is 2.38. The maximum atomic E-state index is 6.76. The van der Waals surface area contributed by atoms with Crippen molar-refractivity contribution in [2.45, 2.75) is 0 Å². The van der Waals surface area contributed by atoms with Gasteiger partial charge in [0.2, 0.25) is 0 Å². The molecule has 3 rings (SSSR count). The van der Waals surface area contributed by atoms with Crippen LogP contribution in [0.25, 0.3) is 27.6 Å². The second kappa shape index (κ2) is 8.01. The van der Waals surface area contributed by atoms with Crippen LogP contribution in [0.1, 0.15) is 5.82 Å². The predicted molar refractivity (Wildman–Crippen MR) is 114 cm³/mol. The fraction of sp³-hybridized carbons (Fsp3) is 0.0952. The van der Waals surface area contributed by atoms with Crippen LogP contribution < -0.4 is 10.1 Å². The molecule has 0 radical (unpaired) electrons. The van der Waals surface area contributed by atoms with E-state index in [9.17, 15) is 0 Å². The van der Waals surface area contributed by atoms with E-state index < -0.39 is 0 Å². The highest BCUT2D eigenvalue weighted by molar-refractivity contribution is 6.39. The number of benzene rings is 2. The van der Waals surface area contributed by atoms with Crippen molar-refractivity contribution in [1.29, 1.82) is 0 Å². The lowest BCUT2D eigenvalue weighted by Crippen LogP contribution is -2.01. The minimum atomic E-state index is 0.499. The van der Waals surface area contributed by atoms with Gasteiger partial charge in [-0.15, -0.1) is 0 Å². The van der Waals surface area contributed by atoms with E-state index in [1.807, 2.05) is 36.4 Å². The van der Waals surface area contributed by atoms with Crippen molar-refractivity contribution in [3.8, 4) is 16.9 Å². The second-order valence-electron chi connectivity index (χ2n) is 5.67. The minimum Gasteiger partial charge on any atom is -0.497 e. The van der Waals surface area contributed by atoms with Gasteiger partial charge in [0, 0.05) is 24.4 Å². The first kappa shape index (κ1) is 18.6. The Labute approximate surface area is 163 Å². The zero-order valence-electron chi connectivity index (χ0n) is 15.2. The van der Waals surface area contributed by atoms with E-state index in [-0.39, 0.29) is 0 Å². The van der Waals surface area contributed by atoms with Crippen molar-refractivity contribution in [2.75, 3.05) is 19.5 Å². The van der Waals surface area contributed by atoms with Crippen LogP contribution in [0.3, 0.4) is 0 Å². The molecule has 5 nitrogen and oxygen atoms in total. The molecule has 0 fully saturated rings. The van der Waals surface area contributed by atoms with Crippen molar-refractivity contribution >= 4 is 40.6 Å². The minimum absolute atomic E-state index is 0.499. The second-order valence-corrected chi connectivity index (χ2v) is 6.05. The van der Waals surface area contributed by atoms with E-state index in [0.29, 0.717) is 22.2 Å². The van der Waals surface area contributed by atoms with E-state index in [1.165, 1.54) is 0 Å². The number of anilines is 1. The molecular weight excluding hydrogens is 360 g/mol. The zero-order valence-corrected chi connectivity index (χ0v) is 15.9. The standard InChI is InChI=1S/C21H19ClN4O/c1-5-13(12-23-2)20-25-17-10-9-16(14-7-6-8-15(11-14)27-4)19(22)18(17)21(24-3)26-20/h5-12H,1-2H2,3-4H3,(H,24,25,26)/b13-12+. The van der Waals surface area contributed by atoms with Crippen molar-refractivity contribution in [3.05, 3.63) is 66.1 Å². The Bertz CT molecular complexity index is 1060. The maximum Gasteiger partial charge on any atom is 0.163 e. The lowest BCUT2D eigenvalue weighted by atomic mass is 10.0. The van der Waals surface area contributed by atoms with Gasteiger partial charge in [-0.05, 0) is 30.5 Å². The van der Waals surface area contributed by atoms with Crippen molar-refractivity contribution in [2.24, 2.45) is 4.99 Å². The van der Waals surface area contributed by atoms with Crippen LogP contribution in [0.4, 0.5) is 5.82 Å². The number of aliphatic imine (C=N–C) groups is 1. The van der Waals surface area contributed by atoms with E-state index in [0.717, 1.165) is 27.8 Å². The molecule has 27 heavy (non-hydrogen) atoms. The Morgan fingerprint density at radius 1 is 1.26 bits per heavy atom. The number of fused-ring (bicyclic) bond motifs is 1. The summed E-state index contributed by atoms with van der Waals surface area (Å²) in [5.74, 6) is 1.89. The molecule has 0 aliphatic rings. The lowest BCUT2D eigenvalue weighted by Gasteiger charge is -2.13. The molecule has 0 saturated carbocycles. The number of hydrogen-bond acceptors (Lipinski definition) is 5. The Morgan fingerprint density at radius 3 is 2.74 bits per heavy atom. The largest absolute Gasteiger partial charge is 0.497 e. The number of ether oxygens (including phenoxy) is 1. The van der Waals surface area contributed by atoms with Gasteiger partial charge in [0.15, 0.2) is 5.82 Å². The number of nitrogens with one attached hydrogen (secondary N) is 1. The van der Waals surface area contributed by atoms with Gasteiger partial charge in [0.1, 0.15) is 11.6 Å². The molecular formula is C21H19ClN4O. The third-order valence-electron chi connectivity index (χ3n) is 4.13. The van der Waals surface area contributed by atoms with Crippen molar-refractivity contribution in [3.63, 3.8) is 0 Å². The average Bonchev–Trinajstić information content (AvgIpc) is 2.71. The van der Waals surface area contributed by atoms with Crippen LogP contribution in [0.15, 0.2) is 60.2 Å². The summed E-state index contributed by atoms with van der Waals surface area (Å²) in [6.07, 6.45) is 3.21. The van der Waals surface area contributed by atoms with E-state index >= 15 is 0 Å². The van der Waals surface area contributed by atoms with Crippen LogP contribution in [-0.4, -0.2) is 30.8 Å². The smallest absolute Gasteiger partial charge is 0.163 e. The van der Waals surface area contributed by atoms with Crippen LogP contribution in [-0.2, 0) is 0 Å². The van der Waals surface area contributed by atoms with Gasteiger partial charge in [0.25, 0.3) is 0 Å². The third kappa shape index (κ3) is 3.55. The zero-order chi connectivity index (χ0) is 19.4. The molecule has 0 amide bonds. The van der Waals surface area contributed by atoms with Gasteiger partial charge < -0.3 is 10.1 Å². The summed E-state index contributed by atoms with van der Waals surface area (Å²) in [5, 5.41) is 4.43. The highest BCUT2D eigenvalue weighted by Gasteiger charge is 2.16. The molecule has 0 aliphatic carbocycles. The van der Waals surface area contributed by atoms with Gasteiger partial charge in [-0.1, -0.05) is 42.5 Å². The van der Waals surface area contributed by atoms with Crippen LogP contribution >= 0.6 is 11.6 Å². The summed E-state index contributed by atoms with van der Waals surface area (Å²) in [6.45, 7) is 7.26. The summed E-state index contributed by atoms with van der Waals surface area (Å²) in [7, 11) is 3.43. The molecule has 136 valence electrons. The van der Waals surface area contributed by atoms with Crippen molar-refractivity contribution < 1.29 is 4.74 Å². The summed E-state index contributed by atoms with van der Waals surface area (Å²) in [5.41, 5.74) is 3.23. The van der Waals surface area contributed by atoms with E-state index in [4.69, 9.17) is 16.3 Å². The quantitative estimate of drug-likeness (QED) is 0.471. The third-order valence-corrected chi connectivity index (χ3v) is 4.52. The lowest BCUT2D eigenvalue weighted by molar-refractivity contribution is 0.415.